The summed E-state index contributed by atoms with van der Waals surface area (Å²) in [6.45, 7) is -0.520. The average Bonchev–Trinajstić information content (AvgIpc) is 3.08. The van der Waals surface area contributed by atoms with E-state index in [9.17, 15) is 18.0 Å². The van der Waals surface area contributed by atoms with Crippen molar-refractivity contribution in [2.75, 3.05) is 17.1 Å². The van der Waals surface area contributed by atoms with Crippen LogP contribution in [0.25, 0.3) is 0 Å². The standard InChI is InChI=1S/C37H39Cl2N3O5S/c1-48(45,46)42(30-18-20-32(21-19-30)47-31-15-9-4-10-16-31)26-36(43)41(25-28-17-22-33(38)34(39)23-28)35(24-27-11-5-2-6-12-27)37(44)40-29-13-7-3-8-14-29/h2,4-6,9-12,15-23,29,35H,3,7-8,13-14,24-26H2,1H3,(H,40,44)/t35-/m1/s1. The maximum atomic E-state index is 14.4. The van der Waals surface area contributed by atoms with Crippen LogP contribution in [0, 0.1) is 0 Å². The molecule has 0 radical (unpaired) electrons. The van der Waals surface area contributed by atoms with Gasteiger partial charge in [-0.05, 0) is 72.5 Å². The molecule has 252 valence electrons. The van der Waals surface area contributed by atoms with Crippen molar-refractivity contribution in [2.24, 2.45) is 0 Å². The van der Waals surface area contributed by atoms with Crippen LogP contribution in [-0.4, -0.2) is 50.0 Å². The molecule has 1 aliphatic carbocycles. The van der Waals surface area contributed by atoms with E-state index in [1.54, 1.807) is 42.5 Å². The van der Waals surface area contributed by atoms with E-state index in [-0.39, 0.29) is 30.6 Å². The molecule has 1 aliphatic rings. The van der Waals surface area contributed by atoms with Crippen LogP contribution < -0.4 is 14.4 Å². The Bertz CT molecular complexity index is 1790. The molecule has 0 spiro atoms. The number of hydrogen-bond acceptors (Lipinski definition) is 5. The summed E-state index contributed by atoms with van der Waals surface area (Å²) in [5.74, 6) is 0.311. The van der Waals surface area contributed by atoms with Crippen LogP contribution in [0.4, 0.5) is 5.69 Å². The minimum atomic E-state index is -3.93. The Kier molecular flexibility index (Phi) is 12.0. The number of anilines is 1. The number of carbonyl (C=O) groups excluding carboxylic acids is 2. The molecule has 1 fully saturated rings. The largest absolute Gasteiger partial charge is 0.457 e. The third-order valence-corrected chi connectivity index (χ3v) is 10.2. The predicted molar refractivity (Wildman–Crippen MR) is 191 cm³/mol. The van der Waals surface area contributed by atoms with Crippen molar-refractivity contribution in [1.29, 1.82) is 0 Å². The summed E-state index contributed by atoms with van der Waals surface area (Å²) < 4.78 is 33.3. The molecule has 1 atom stereocenters. The van der Waals surface area contributed by atoms with Gasteiger partial charge in [-0.3, -0.25) is 13.9 Å². The van der Waals surface area contributed by atoms with Crippen LogP contribution in [-0.2, 0) is 32.6 Å². The molecular formula is C37H39Cl2N3O5S. The van der Waals surface area contributed by atoms with Gasteiger partial charge in [0.25, 0.3) is 0 Å². The number of rotatable bonds is 13. The van der Waals surface area contributed by atoms with E-state index in [0.717, 1.165) is 48.2 Å². The SMILES string of the molecule is CS(=O)(=O)N(CC(=O)N(Cc1ccc(Cl)c(Cl)c1)[C@H](Cc1ccccc1)C(=O)NC1CCCCC1)c1ccc(Oc2ccccc2)cc1. The summed E-state index contributed by atoms with van der Waals surface area (Å²) in [6.07, 6.45) is 6.21. The fourth-order valence-electron chi connectivity index (χ4n) is 5.85. The number of halogens is 2. The van der Waals surface area contributed by atoms with Crippen LogP contribution in [0.5, 0.6) is 11.5 Å². The second-order valence-electron chi connectivity index (χ2n) is 12.0. The third kappa shape index (κ3) is 9.75. The lowest BCUT2D eigenvalue weighted by molar-refractivity contribution is -0.140. The Hall–Kier alpha value is -4.05. The molecule has 0 bridgehead atoms. The summed E-state index contributed by atoms with van der Waals surface area (Å²) in [4.78, 5) is 30.0. The smallest absolute Gasteiger partial charge is 0.244 e. The summed E-state index contributed by atoms with van der Waals surface area (Å²) in [5.41, 5.74) is 1.80. The molecule has 0 unspecified atom stereocenters. The quantitative estimate of drug-likeness (QED) is 0.154. The van der Waals surface area contributed by atoms with E-state index in [2.05, 4.69) is 5.32 Å². The fourth-order valence-corrected chi connectivity index (χ4v) is 7.02. The number of benzene rings is 4. The second-order valence-corrected chi connectivity index (χ2v) is 14.7. The first-order valence-corrected chi connectivity index (χ1v) is 18.6. The van der Waals surface area contributed by atoms with Gasteiger partial charge in [-0.25, -0.2) is 8.42 Å². The number of hydrogen-bond donors (Lipinski definition) is 1. The Morgan fingerprint density at radius 2 is 1.44 bits per heavy atom. The lowest BCUT2D eigenvalue weighted by atomic mass is 9.94. The monoisotopic (exact) mass is 707 g/mol. The minimum Gasteiger partial charge on any atom is -0.457 e. The highest BCUT2D eigenvalue weighted by Gasteiger charge is 2.34. The number of para-hydroxylation sites is 1. The van der Waals surface area contributed by atoms with Crippen molar-refractivity contribution in [3.05, 3.63) is 124 Å². The lowest BCUT2D eigenvalue weighted by Crippen LogP contribution is -2.55. The first-order valence-electron chi connectivity index (χ1n) is 16.0. The number of nitrogens with zero attached hydrogens (tertiary/aromatic N) is 2. The highest BCUT2D eigenvalue weighted by molar-refractivity contribution is 7.92. The van der Waals surface area contributed by atoms with Crippen LogP contribution in [0.1, 0.15) is 43.2 Å². The van der Waals surface area contributed by atoms with E-state index < -0.39 is 28.5 Å². The van der Waals surface area contributed by atoms with E-state index in [1.165, 1.54) is 4.90 Å². The Labute approximate surface area is 292 Å². The topological polar surface area (TPSA) is 96.0 Å². The summed E-state index contributed by atoms with van der Waals surface area (Å²) in [6, 6.07) is 29.3. The minimum absolute atomic E-state index is 0.00671. The normalized spacial score (nSPS) is 14.1. The van der Waals surface area contributed by atoms with Crippen LogP contribution in [0.15, 0.2) is 103 Å². The summed E-state index contributed by atoms with van der Waals surface area (Å²) in [5, 5.41) is 3.86. The van der Waals surface area contributed by atoms with E-state index in [0.29, 0.717) is 27.1 Å². The fraction of sp³-hybridized carbons (Fsp3) is 0.297. The molecule has 11 heteroatoms. The van der Waals surface area contributed by atoms with Gasteiger partial charge in [0, 0.05) is 19.0 Å². The molecular weight excluding hydrogens is 669 g/mol. The van der Waals surface area contributed by atoms with Crippen molar-refractivity contribution >= 4 is 50.7 Å². The number of sulfonamides is 1. The number of ether oxygens (including phenoxy) is 1. The molecule has 2 amide bonds. The molecule has 5 rings (SSSR count). The molecule has 4 aromatic carbocycles. The van der Waals surface area contributed by atoms with E-state index >= 15 is 0 Å². The molecule has 4 aromatic rings. The zero-order chi connectivity index (χ0) is 34.1. The van der Waals surface area contributed by atoms with E-state index in [4.69, 9.17) is 27.9 Å². The van der Waals surface area contributed by atoms with Gasteiger partial charge in [0.2, 0.25) is 21.8 Å². The van der Waals surface area contributed by atoms with Gasteiger partial charge < -0.3 is 15.0 Å². The van der Waals surface area contributed by atoms with Crippen molar-refractivity contribution in [2.45, 2.75) is 57.2 Å². The van der Waals surface area contributed by atoms with Gasteiger partial charge in [-0.2, -0.15) is 0 Å². The molecule has 48 heavy (non-hydrogen) atoms. The molecule has 0 heterocycles. The third-order valence-electron chi connectivity index (χ3n) is 8.34. The first-order chi connectivity index (χ1) is 23.1. The Balaban J connectivity index is 1.47. The highest BCUT2D eigenvalue weighted by atomic mass is 35.5. The number of carbonyl (C=O) groups is 2. The van der Waals surface area contributed by atoms with Crippen LogP contribution in [0.3, 0.4) is 0 Å². The van der Waals surface area contributed by atoms with Crippen molar-refractivity contribution in [1.82, 2.24) is 10.2 Å². The van der Waals surface area contributed by atoms with Crippen molar-refractivity contribution in [3.63, 3.8) is 0 Å². The van der Waals surface area contributed by atoms with Gasteiger partial charge in [-0.1, -0.05) is 97.1 Å². The summed E-state index contributed by atoms with van der Waals surface area (Å²) >= 11 is 12.5. The predicted octanol–water partition coefficient (Wildman–Crippen LogP) is 7.64. The Morgan fingerprint density at radius 3 is 2.06 bits per heavy atom. The van der Waals surface area contributed by atoms with Gasteiger partial charge >= 0.3 is 0 Å². The molecule has 0 saturated heterocycles. The molecule has 1 N–H and O–H groups in total. The van der Waals surface area contributed by atoms with Crippen LogP contribution >= 0.6 is 23.2 Å². The number of amides is 2. The lowest BCUT2D eigenvalue weighted by Gasteiger charge is -2.35. The van der Waals surface area contributed by atoms with Gasteiger partial charge in [-0.15, -0.1) is 0 Å². The first kappa shape index (κ1) is 35.3. The van der Waals surface area contributed by atoms with Crippen LogP contribution in [0.2, 0.25) is 10.0 Å². The number of nitrogens with one attached hydrogen (secondary N) is 1. The Morgan fingerprint density at radius 1 is 0.812 bits per heavy atom. The molecule has 0 aliphatic heterocycles. The zero-order valence-electron chi connectivity index (χ0n) is 26.7. The van der Waals surface area contributed by atoms with Gasteiger partial charge in [0.1, 0.15) is 24.1 Å². The van der Waals surface area contributed by atoms with Gasteiger partial charge in [0.15, 0.2) is 0 Å². The molecule has 1 saturated carbocycles. The summed E-state index contributed by atoms with van der Waals surface area (Å²) in [7, 11) is -3.93. The van der Waals surface area contributed by atoms with Crippen molar-refractivity contribution in [3.8, 4) is 11.5 Å². The van der Waals surface area contributed by atoms with E-state index in [1.807, 2.05) is 60.7 Å². The average molecular weight is 709 g/mol. The highest BCUT2D eigenvalue weighted by Crippen LogP contribution is 2.28. The second kappa shape index (κ2) is 16.4. The van der Waals surface area contributed by atoms with Crippen molar-refractivity contribution < 1.29 is 22.7 Å². The van der Waals surface area contributed by atoms with Gasteiger partial charge in [0.05, 0.1) is 22.0 Å². The molecule has 8 nitrogen and oxygen atoms in total. The maximum absolute atomic E-state index is 14.4. The maximum Gasteiger partial charge on any atom is 0.244 e. The molecule has 0 aromatic heterocycles. The zero-order valence-corrected chi connectivity index (χ0v) is 29.1.